The molecule has 1 aliphatic heterocycles. The van der Waals surface area contributed by atoms with E-state index in [9.17, 15) is 9.18 Å². The first kappa shape index (κ1) is 15.8. The Morgan fingerprint density at radius 1 is 1.35 bits per heavy atom. The van der Waals surface area contributed by atoms with Gasteiger partial charge >= 0.3 is 6.03 Å². The average molecular weight is 355 g/mol. The molecule has 0 atom stereocenters. The molecule has 2 heterocycles. The van der Waals surface area contributed by atoms with Gasteiger partial charge < -0.3 is 5.32 Å². The summed E-state index contributed by atoms with van der Waals surface area (Å²) < 4.78 is 14.6. The number of nitrogens with zero attached hydrogens (tertiary/aromatic N) is 3. The van der Waals surface area contributed by atoms with Crippen LogP contribution in [0.25, 0.3) is 0 Å². The Bertz CT molecular complexity index is 853. The maximum atomic E-state index is 14.6. The van der Waals surface area contributed by atoms with E-state index in [1.54, 1.807) is 11.0 Å². The zero-order valence-electron chi connectivity index (χ0n) is 14.6. The van der Waals surface area contributed by atoms with Crippen LogP contribution in [0.1, 0.15) is 61.7 Å². The number of rotatable bonds is 3. The SMILES string of the molecule is O=C(NCc1nc(C2CC2)n[nH]1)N1CC2(CCCC2)c2c(F)cccc21. The minimum Gasteiger partial charge on any atom is -0.330 e. The maximum Gasteiger partial charge on any atom is 0.322 e. The van der Waals surface area contributed by atoms with Gasteiger partial charge in [0.25, 0.3) is 0 Å². The van der Waals surface area contributed by atoms with Crippen molar-refractivity contribution in [2.24, 2.45) is 0 Å². The molecule has 2 aromatic rings. The normalized spacial score (nSPS) is 20.6. The predicted octanol–water partition coefficient (Wildman–Crippen LogP) is 3.36. The number of benzene rings is 1. The lowest BCUT2D eigenvalue weighted by Crippen LogP contribution is -2.42. The number of aromatic nitrogens is 3. The lowest BCUT2D eigenvalue weighted by atomic mass is 9.80. The summed E-state index contributed by atoms with van der Waals surface area (Å²) in [7, 11) is 0. The van der Waals surface area contributed by atoms with Crippen molar-refractivity contribution < 1.29 is 9.18 Å². The molecular formula is C19H22FN5O. The Kier molecular flexibility index (Phi) is 3.52. The highest BCUT2D eigenvalue weighted by molar-refractivity contribution is 5.95. The molecule has 5 rings (SSSR count). The minimum absolute atomic E-state index is 0.191. The molecule has 1 aromatic carbocycles. The number of carbonyl (C=O) groups is 1. The van der Waals surface area contributed by atoms with Crippen LogP contribution in [0.15, 0.2) is 18.2 Å². The van der Waals surface area contributed by atoms with E-state index in [4.69, 9.17) is 0 Å². The summed E-state index contributed by atoms with van der Waals surface area (Å²) in [6.45, 7) is 0.853. The van der Waals surface area contributed by atoms with Crippen LogP contribution in [-0.2, 0) is 12.0 Å². The number of hydrogen-bond donors (Lipinski definition) is 2. The number of halogens is 1. The number of H-pyrrole nitrogens is 1. The van der Waals surface area contributed by atoms with Crippen LogP contribution >= 0.6 is 0 Å². The summed E-state index contributed by atoms with van der Waals surface area (Å²) in [5.74, 6) is 1.79. The van der Waals surface area contributed by atoms with Crippen molar-refractivity contribution in [1.29, 1.82) is 0 Å². The van der Waals surface area contributed by atoms with E-state index in [1.807, 2.05) is 6.07 Å². The highest BCUT2D eigenvalue weighted by Crippen LogP contribution is 2.51. The quantitative estimate of drug-likeness (QED) is 0.887. The molecule has 2 saturated carbocycles. The molecule has 1 spiro atoms. The molecule has 7 heteroatoms. The summed E-state index contributed by atoms with van der Waals surface area (Å²) in [6.07, 6.45) is 6.34. The zero-order chi connectivity index (χ0) is 17.7. The molecule has 0 saturated heterocycles. The number of anilines is 1. The third-order valence-corrected chi connectivity index (χ3v) is 5.98. The molecule has 1 aromatic heterocycles. The highest BCUT2D eigenvalue weighted by Gasteiger charge is 2.48. The second-order valence-corrected chi connectivity index (χ2v) is 7.78. The Morgan fingerprint density at radius 2 is 2.15 bits per heavy atom. The summed E-state index contributed by atoms with van der Waals surface area (Å²) in [5.41, 5.74) is 1.22. The number of nitrogens with one attached hydrogen (secondary N) is 2. The van der Waals surface area contributed by atoms with Gasteiger partial charge in [-0.1, -0.05) is 18.9 Å². The van der Waals surface area contributed by atoms with E-state index in [-0.39, 0.29) is 17.3 Å². The zero-order valence-corrected chi connectivity index (χ0v) is 14.6. The van der Waals surface area contributed by atoms with Gasteiger partial charge in [0.2, 0.25) is 0 Å². The second kappa shape index (κ2) is 5.79. The molecule has 0 unspecified atom stereocenters. The number of urea groups is 1. The van der Waals surface area contributed by atoms with E-state index >= 15 is 0 Å². The third kappa shape index (κ3) is 2.48. The Balaban J connectivity index is 1.34. The van der Waals surface area contributed by atoms with Crippen molar-refractivity contribution in [1.82, 2.24) is 20.5 Å². The van der Waals surface area contributed by atoms with Crippen molar-refractivity contribution in [3.05, 3.63) is 41.2 Å². The number of carbonyl (C=O) groups excluding carboxylic acids is 1. The van der Waals surface area contributed by atoms with Gasteiger partial charge in [-0.15, -0.1) is 0 Å². The minimum atomic E-state index is -0.219. The molecule has 2 fully saturated rings. The van der Waals surface area contributed by atoms with E-state index in [2.05, 4.69) is 20.5 Å². The first-order chi connectivity index (χ1) is 12.7. The van der Waals surface area contributed by atoms with Crippen LogP contribution in [0, 0.1) is 5.82 Å². The van der Waals surface area contributed by atoms with Crippen LogP contribution in [0.3, 0.4) is 0 Å². The van der Waals surface area contributed by atoms with Crippen molar-refractivity contribution in [3.8, 4) is 0 Å². The van der Waals surface area contributed by atoms with E-state index in [0.717, 1.165) is 49.9 Å². The van der Waals surface area contributed by atoms with Gasteiger partial charge in [0.05, 0.1) is 12.2 Å². The van der Waals surface area contributed by atoms with Crippen LogP contribution in [0.5, 0.6) is 0 Å². The average Bonchev–Trinajstić information content (AvgIpc) is 3.08. The lowest BCUT2D eigenvalue weighted by Gasteiger charge is -2.24. The first-order valence-corrected chi connectivity index (χ1v) is 9.42. The fourth-order valence-electron chi connectivity index (χ4n) is 4.54. The fraction of sp³-hybridized carbons (Fsp3) is 0.526. The Morgan fingerprint density at radius 3 is 2.92 bits per heavy atom. The molecular weight excluding hydrogens is 333 g/mol. The topological polar surface area (TPSA) is 73.9 Å². The van der Waals surface area contributed by atoms with Gasteiger partial charge in [-0.25, -0.2) is 14.2 Å². The standard InChI is InChI=1S/C19H22FN5O/c20-13-4-3-5-14-16(13)19(8-1-2-9-19)11-25(14)18(26)21-10-15-22-17(24-23-15)12-6-7-12/h3-5,12H,1-2,6-11H2,(H,21,26)(H,22,23,24). The van der Waals surface area contributed by atoms with Crippen molar-refractivity contribution in [2.45, 2.75) is 56.4 Å². The largest absolute Gasteiger partial charge is 0.330 e. The molecule has 3 aliphatic rings. The van der Waals surface area contributed by atoms with Crippen molar-refractivity contribution in [3.63, 3.8) is 0 Å². The predicted molar refractivity (Wildman–Crippen MR) is 94.5 cm³/mol. The Labute approximate surface area is 151 Å². The fourth-order valence-corrected chi connectivity index (χ4v) is 4.54. The highest BCUT2D eigenvalue weighted by atomic mass is 19.1. The first-order valence-electron chi connectivity index (χ1n) is 9.42. The van der Waals surface area contributed by atoms with Gasteiger partial charge in [-0.2, -0.15) is 5.10 Å². The van der Waals surface area contributed by atoms with Crippen LogP contribution in [0.4, 0.5) is 14.9 Å². The van der Waals surface area contributed by atoms with Gasteiger partial charge in [0, 0.05) is 23.4 Å². The second-order valence-electron chi connectivity index (χ2n) is 7.78. The number of aromatic amines is 1. The smallest absolute Gasteiger partial charge is 0.322 e. The van der Waals surface area contributed by atoms with Crippen molar-refractivity contribution >= 4 is 11.7 Å². The van der Waals surface area contributed by atoms with Gasteiger partial charge in [0.15, 0.2) is 5.82 Å². The van der Waals surface area contributed by atoms with Crippen LogP contribution in [-0.4, -0.2) is 27.8 Å². The monoisotopic (exact) mass is 355 g/mol. The Hall–Kier alpha value is -2.44. The summed E-state index contributed by atoms with van der Waals surface area (Å²) in [4.78, 5) is 19.0. The molecule has 0 radical (unpaired) electrons. The summed E-state index contributed by atoms with van der Waals surface area (Å²) >= 11 is 0. The van der Waals surface area contributed by atoms with Crippen molar-refractivity contribution in [2.75, 3.05) is 11.4 Å². The van der Waals surface area contributed by atoms with E-state index in [1.165, 1.54) is 6.07 Å². The molecule has 26 heavy (non-hydrogen) atoms. The number of amides is 2. The van der Waals surface area contributed by atoms with E-state index < -0.39 is 0 Å². The van der Waals surface area contributed by atoms with Gasteiger partial charge in [0.1, 0.15) is 11.6 Å². The molecule has 136 valence electrons. The molecule has 0 bridgehead atoms. The summed E-state index contributed by atoms with van der Waals surface area (Å²) in [6, 6.07) is 4.84. The molecule has 2 amide bonds. The molecule has 6 nitrogen and oxygen atoms in total. The van der Waals surface area contributed by atoms with E-state index in [0.29, 0.717) is 30.5 Å². The number of fused-ring (bicyclic) bond motifs is 2. The van der Waals surface area contributed by atoms with Gasteiger partial charge in [-0.3, -0.25) is 10.00 Å². The third-order valence-electron chi connectivity index (χ3n) is 5.98. The van der Waals surface area contributed by atoms with Crippen LogP contribution in [0.2, 0.25) is 0 Å². The van der Waals surface area contributed by atoms with Gasteiger partial charge in [-0.05, 0) is 37.8 Å². The maximum absolute atomic E-state index is 14.6. The lowest BCUT2D eigenvalue weighted by molar-refractivity contribution is 0.244. The number of hydrogen-bond acceptors (Lipinski definition) is 3. The molecule has 2 N–H and O–H groups in total. The molecule has 2 aliphatic carbocycles. The summed E-state index contributed by atoms with van der Waals surface area (Å²) in [5, 5.41) is 10.0. The van der Waals surface area contributed by atoms with Crippen LogP contribution < -0.4 is 10.2 Å².